The van der Waals surface area contributed by atoms with Gasteiger partial charge < -0.3 is 4.74 Å². The highest BCUT2D eigenvalue weighted by molar-refractivity contribution is 5.44. The number of aryl methyl sites for hydroxylation is 2. The third kappa shape index (κ3) is 2.24. The predicted octanol–water partition coefficient (Wildman–Crippen LogP) is 5.57. The second-order valence-corrected chi connectivity index (χ2v) is 7.34. The zero-order valence-corrected chi connectivity index (χ0v) is 13.7. The van der Waals surface area contributed by atoms with E-state index in [1.54, 1.807) is 0 Å². The number of hydrogen-bond donors (Lipinski definition) is 0. The largest absolute Gasteiger partial charge is 0.485 e. The molecule has 22 heavy (non-hydrogen) atoms. The minimum Gasteiger partial charge on any atom is -0.485 e. The number of rotatable bonds is 1. The molecule has 1 saturated carbocycles. The van der Waals surface area contributed by atoms with Crippen molar-refractivity contribution in [3.05, 3.63) is 64.7 Å². The summed E-state index contributed by atoms with van der Waals surface area (Å²) < 4.78 is 6.48. The first-order valence-corrected chi connectivity index (χ1v) is 8.45. The van der Waals surface area contributed by atoms with E-state index < -0.39 is 0 Å². The zero-order chi connectivity index (χ0) is 15.3. The van der Waals surface area contributed by atoms with Gasteiger partial charge in [0, 0.05) is 5.92 Å². The summed E-state index contributed by atoms with van der Waals surface area (Å²) in [5, 5.41) is 0. The Bertz CT molecular complexity index is 686. The molecule has 1 aliphatic heterocycles. The molecule has 0 saturated heterocycles. The lowest BCUT2D eigenvalue weighted by molar-refractivity contribution is 0.103. The molecular formula is C21H24O. The van der Waals surface area contributed by atoms with Gasteiger partial charge in [-0.3, -0.25) is 0 Å². The lowest BCUT2D eigenvalue weighted by Gasteiger charge is -2.36. The van der Waals surface area contributed by atoms with Gasteiger partial charge in [-0.15, -0.1) is 0 Å². The quantitative estimate of drug-likeness (QED) is 0.668. The molecule has 0 unspecified atom stereocenters. The Balaban J connectivity index is 1.78. The summed E-state index contributed by atoms with van der Waals surface area (Å²) >= 11 is 0. The number of fused-ring (bicyclic) bond motifs is 3. The van der Waals surface area contributed by atoms with Crippen molar-refractivity contribution in [2.75, 3.05) is 0 Å². The maximum atomic E-state index is 6.48. The molecule has 0 radical (unpaired) electrons. The van der Waals surface area contributed by atoms with Gasteiger partial charge in [0.05, 0.1) is 0 Å². The number of ether oxygens (including phenoxy) is 1. The molecule has 1 aliphatic carbocycles. The first kappa shape index (κ1) is 13.9. The molecule has 4 rings (SSSR count). The first-order chi connectivity index (χ1) is 10.6. The van der Waals surface area contributed by atoms with Crippen molar-refractivity contribution >= 4 is 0 Å². The van der Waals surface area contributed by atoms with Gasteiger partial charge in [0.15, 0.2) is 0 Å². The van der Waals surface area contributed by atoms with Gasteiger partial charge in [0.2, 0.25) is 0 Å². The summed E-state index contributed by atoms with van der Waals surface area (Å²) in [7, 11) is 0. The van der Waals surface area contributed by atoms with Crippen molar-refractivity contribution in [1.29, 1.82) is 0 Å². The van der Waals surface area contributed by atoms with Crippen LogP contribution in [-0.4, -0.2) is 0 Å². The van der Waals surface area contributed by atoms with Crippen LogP contribution in [0.15, 0.2) is 42.5 Å². The van der Waals surface area contributed by atoms with Crippen LogP contribution in [0.1, 0.15) is 54.0 Å². The van der Waals surface area contributed by atoms with E-state index in [4.69, 9.17) is 4.74 Å². The van der Waals surface area contributed by atoms with Crippen molar-refractivity contribution in [2.24, 2.45) is 11.8 Å². The second kappa shape index (κ2) is 5.15. The van der Waals surface area contributed by atoms with Crippen LogP contribution in [-0.2, 0) is 0 Å². The highest BCUT2D eigenvalue weighted by Gasteiger charge is 2.44. The molecule has 0 N–H and O–H groups in total. The highest BCUT2D eigenvalue weighted by Crippen LogP contribution is 2.55. The summed E-state index contributed by atoms with van der Waals surface area (Å²) in [6.45, 7) is 6.71. The van der Waals surface area contributed by atoms with E-state index in [0.717, 1.165) is 11.7 Å². The SMILES string of the molecule is Cc1ccc([C@H]2Oc3ccc(C)cc3[C@H]3C[C@@H](C)C[C@H]32)cc1. The first-order valence-electron chi connectivity index (χ1n) is 8.45. The van der Waals surface area contributed by atoms with Gasteiger partial charge in [-0.25, -0.2) is 0 Å². The fourth-order valence-electron chi connectivity index (χ4n) is 4.39. The standard InChI is InChI=1S/C21H24O/c1-13-4-7-16(8-5-13)21-19-12-15(3)11-17(19)18-10-14(2)6-9-20(18)22-21/h4-10,15,17,19,21H,11-12H2,1-3H3/t15-,17-,19-,21-/m1/s1. The smallest absolute Gasteiger partial charge is 0.127 e. The Morgan fingerprint density at radius 1 is 0.909 bits per heavy atom. The van der Waals surface area contributed by atoms with E-state index in [-0.39, 0.29) is 6.10 Å². The van der Waals surface area contributed by atoms with Crippen molar-refractivity contribution in [3.8, 4) is 5.75 Å². The maximum absolute atomic E-state index is 6.48. The Hall–Kier alpha value is -1.76. The van der Waals surface area contributed by atoms with E-state index in [1.807, 2.05) is 0 Å². The molecule has 0 bridgehead atoms. The average Bonchev–Trinajstić information content (AvgIpc) is 2.89. The molecule has 2 aromatic carbocycles. The van der Waals surface area contributed by atoms with E-state index in [0.29, 0.717) is 11.8 Å². The van der Waals surface area contributed by atoms with Crippen LogP contribution in [0.2, 0.25) is 0 Å². The third-order valence-corrected chi connectivity index (χ3v) is 5.46. The van der Waals surface area contributed by atoms with Crippen LogP contribution in [0.3, 0.4) is 0 Å². The molecule has 1 heterocycles. The zero-order valence-electron chi connectivity index (χ0n) is 13.7. The van der Waals surface area contributed by atoms with Crippen LogP contribution in [0, 0.1) is 25.7 Å². The molecule has 2 aromatic rings. The molecule has 114 valence electrons. The minimum absolute atomic E-state index is 0.214. The molecule has 0 aromatic heterocycles. The normalized spacial score (nSPS) is 29.6. The van der Waals surface area contributed by atoms with Crippen molar-refractivity contribution in [1.82, 2.24) is 0 Å². The summed E-state index contributed by atoms with van der Waals surface area (Å²) in [5.41, 5.74) is 5.43. The van der Waals surface area contributed by atoms with Crippen LogP contribution in [0.25, 0.3) is 0 Å². The summed E-state index contributed by atoms with van der Waals surface area (Å²) in [4.78, 5) is 0. The lowest BCUT2D eigenvalue weighted by atomic mass is 9.79. The third-order valence-electron chi connectivity index (χ3n) is 5.46. The summed E-state index contributed by atoms with van der Waals surface area (Å²) in [6.07, 6.45) is 2.79. The van der Waals surface area contributed by atoms with Crippen LogP contribution < -0.4 is 4.74 Å². The van der Waals surface area contributed by atoms with E-state index in [1.165, 1.54) is 35.1 Å². The van der Waals surface area contributed by atoms with Gasteiger partial charge >= 0.3 is 0 Å². The highest BCUT2D eigenvalue weighted by atomic mass is 16.5. The van der Waals surface area contributed by atoms with Crippen molar-refractivity contribution in [2.45, 2.75) is 45.6 Å². The van der Waals surface area contributed by atoms with Gasteiger partial charge in [-0.1, -0.05) is 54.4 Å². The molecule has 0 amide bonds. The molecule has 4 atom stereocenters. The number of hydrogen-bond acceptors (Lipinski definition) is 1. The maximum Gasteiger partial charge on any atom is 0.127 e. The molecule has 2 aliphatic rings. The van der Waals surface area contributed by atoms with Crippen molar-refractivity contribution < 1.29 is 4.74 Å². The van der Waals surface area contributed by atoms with Crippen LogP contribution in [0.5, 0.6) is 5.75 Å². The Labute approximate surface area is 133 Å². The van der Waals surface area contributed by atoms with Gasteiger partial charge in [0.25, 0.3) is 0 Å². The molecule has 1 nitrogen and oxygen atoms in total. The molecular weight excluding hydrogens is 268 g/mol. The molecule has 1 fully saturated rings. The van der Waals surface area contributed by atoms with Crippen LogP contribution in [0.4, 0.5) is 0 Å². The van der Waals surface area contributed by atoms with Crippen molar-refractivity contribution in [3.63, 3.8) is 0 Å². The topological polar surface area (TPSA) is 9.23 Å². The summed E-state index contributed by atoms with van der Waals surface area (Å²) in [6, 6.07) is 15.6. The Kier molecular flexibility index (Phi) is 3.25. The minimum atomic E-state index is 0.214. The van der Waals surface area contributed by atoms with E-state index >= 15 is 0 Å². The van der Waals surface area contributed by atoms with Gasteiger partial charge in [-0.2, -0.15) is 0 Å². The monoisotopic (exact) mass is 292 g/mol. The molecule has 1 heteroatoms. The summed E-state index contributed by atoms with van der Waals surface area (Å²) in [5.74, 6) is 3.17. The van der Waals surface area contributed by atoms with Gasteiger partial charge in [0.1, 0.15) is 11.9 Å². The fourth-order valence-corrected chi connectivity index (χ4v) is 4.39. The van der Waals surface area contributed by atoms with E-state index in [2.05, 4.69) is 63.2 Å². The Morgan fingerprint density at radius 2 is 1.64 bits per heavy atom. The predicted molar refractivity (Wildman–Crippen MR) is 90.4 cm³/mol. The molecule has 0 spiro atoms. The lowest BCUT2D eigenvalue weighted by Crippen LogP contribution is -2.26. The van der Waals surface area contributed by atoms with E-state index in [9.17, 15) is 0 Å². The Morgan fingerprint density at radius 3 is 2.41 bits per heavy atom. The fraction of sp³-hybridized carbons (Fsp3) is 0.429. The average molecular weight is 292 g/mol. The van der Waals surface area contributed by atoms with Crippen LogP contribution >= 0.6 is 0 Å². The second-order valence-electron chi connectivity index (χ2n) is 7.34. The van der Waals surface area contributed by atoms with Gasteiger partial charge in [-0.05, 0) is 55.7 Å². The number of benzene rings is 2.